The lowest BCUT2D eigenvalue weighted by atomic mass is 9.85. The third-order valence-electron chi connectivity index (χ3n) is 9.01. The summed E-state index contributed by atoms with van der Waals surface area (Å²) in [6.07, 6.45) is 29.6. The van der Waals surface area contributed by atoms with E-state index in [1.165, 1.54) is 21.9 Å². The fourth-order valence-corrected chi connectivity index (χ4v) is 6.52. The monoisotopic (exact) mass is 594 g/mol. The topological polar surface area (TPSA) is 60.6 Å². The van der Waals surface area contributed by atoms with E-state index in [4.69, 9.17) is 15.4 Å². The van der Waals surface area contributed by atoms with Crippen LogP contribution in [-0.2, 0) is 0 Å². The van der Waals surface area contributed by atoms with Crippen molar-refractivity contribution < 1.29 is 0 Å². The Morgan fingerprint density at radius 2 is 1.96 bits per heavy atom. The number of hydrogen-bond acceptors (Lipinski definition) is 4. The quantitative estimate of drug-likeness (QED) is 0.128. The number of aliphatic imine (C=N–C) groups is 2. The van der Waals surface area contributed by atoms with Crippen molar-refractivity contribution in [1.29, 1.82) is 5.41 Å². The Kier molecular flexibility index (Phi) is 11.5. The third-order valence-corrected chi connectivity index (χ3v) is 9.01. The van der Waals surface area contributed by atoms with Gasteiger partial charge in [-0.25, -0.2) is 0 Å². The Labute approximate surface area is 269 Å². The molecule has 4 heteroatoms. The van der Waals surface area contributed by atoms with Gasteiger partial charge in [-0.2, -0.15) is 0 Å². The molecule has 0 spiro atoms. The summed E-state index contributed by atoms with van der Waals surface area (Å²) in [6.45, 7) is 10.0. The van der Waals surface area contributed by atoms with Crippen LogP contribution in [0.4, 0.5) is 0 Å². The number of allylic oxidation sites excluding steroid dienone is 7. The fourth-order valence-electron chi connectivity index (χ4n) is 6.52. The van der Waals surface area contributed by atoms with Gasteiger partial charge in [0.2, 0.25) is 0 Å². The summed E-state index contributed by atoms with van der Waals surface area (Å²) in [5.41, 5.74) is 4.43. The largest absolute Gasteiger partial charge is 0.313 e. The minimum atomic E-state index is -0.122. The molecule has 3 aliphatic heterocycles. The zero-order chi connectivity index (χ0) is 31.4. The molecule has 2 N–H and O–H groups in total. The first-order valence-corrected chi connectivity index (χ1v) is 16.4. The summed E-state index contributed by atoms with van der Waals surface area (Å²) in [5, 5.41) is 14.3. The average Bonchev–Trinajstić information content (AvgIpc) is 3.10. The van der Waals surface area contributed by atoms with Crippen LogP contribution in [0.25, 0.3) is 10.8 Å². The second kappa shape index (κ2) is 16.1. The van der Waals surface area contributed by atoms with Gasteiger partial charge in [-0.1, -0.05) is 84.7 Å². The highest BCUT2D eigenvalue weighted by Gasteiger charge is 2.29. The molecule has 0 amide bonds. The molecule has 0 saturated carbocycles. The minimum Gasteiger partial charge on any atom is -0.313 e. The first kappa shape index (κ1) is 32.1. The van der Waals surface area contributed by atoms with Crippen molar-refractivity contribution in [2.24, 2.45) is 27.7 Å². The predicted octanol–water partition coefficient (Wildman–Crippen LogP) is 9.61. The number of nitrogens with zero attached hydrogens (tertiary/aromatic N) is 2. The normalized spacial score (nSPS) is 24.1. The van der Waals surface area contributed by atoms with Gasteiger partial charge in [-0.05, 0) is 104 Å². The lowest BCUT2D eigenvalue weighted by molar-refractivity contribution is 0.455. The Balaban J connectivity index is 1.44. The van der Waals surface area contributed by atoms with Gasteiger partial charge in [-0.15, -0.1) is 13.2 Å². The molecular formula is C41H46N4. The molecule has 6 atom stereocenters. The zero-order valence-corrected chi connectivity index (χ0v) is 26.5. The molecule has 0 saturated heterocycles. The maximum Gasteiger partial charge on any atom is 0.0957 e. The minimum absolute atomic E-state index is 0.0112. The average molecular weight is 595 g/mol. The molecule has 3 heterocycles. The number of rotatable bonds is 14. The fraction of sp³-hybridized carbons (Fsp3) is 0.341. The highest BCUT2D eigenvalue weighted by molar-refractivity contribution is 6.04. The Morgan fingerprint density at radius 3 is 2.73 bits per heavy atom. The second-order valence-corrected chi connectivity index (χ2v) is 12.1. The van der Waals surface area contributed by atoms with Crippen LogP contribution in [0.15, 0.2) is 120 Å². The molecule has 0 radical (unpaired) electrons. The molecule has 0 bridgehead atoms. The summed E-state index contributed by atoms with van der Waals surface area (Å²) >= 11 is 0. The molecule has 0 aromatic heterocycles. The molecule has 2 aromatic rings. The van der Waals surface area contributed by atoms with E-state index in [0.29, 0.717) is 0 Å². The summed E-state index contributed by atoms with van der Waals surface area (Å²) < 4.78 is 0. The van der Waals surface area contributed by atoms with Gasteiger partial charge >= 0.3 is 0 Å². The smallest absolute Gasteiger partial charge is 0.0957 e. The van der Waals surface area contributed by atoms with Crippen molar-refractivity contribution in [3.63, 3.8) is 0 Å². The van der Waals surface area contributed by atoms with Crippen LogP contribution in [0, 0.1) is 35.0 Å². The number of dihydropyridines is 1. The van der Waals surface area contributed by atoms with E-state index in [0.717, 1.165) is 56.4 Å². The van der Waals surface area contributed by atoms with Gasteiger partial charge in [0.1, 0.15) is 0 Å². The highest BCUT2D eigenvalue weighted by Crippen LogP contribution is 2.35. The van der Waals surface area contributed by atoms with E-state index in [1.807, 2.05) is 18.4 Å². The third kappa shape index (κ3) is 8.04. The number of benzene rings is 2. The molecule has 0 aliphatic carbocycles. The van der Waals surface area contributed by atoms with Crippen molar-refractivity contribution in [3.8, 4) is 11.8 Å². The van der Waals surface area contributed by atoms with E-state index < -0.39 is 0 Å². The summed E-state index contributed by atoms with van der Waals surface area (Å²) in [7, 11) is 0. The standard InChI is InChI=1S/C41H46N4/c1-4-7-9-16-31(33(29-42)15-8-5-2)22-24-35-18-14-21-38(44-35)34-27-32-17-10-11-19-36(32)37(28-34)39-25-23-30(6-3)41(45-39)40-20-12-13-26-43-40/h4-7,10-11,14,17-20,22,24,26-31,33,38-39,41-42,45H,2-3,8-9,12-13,15-16,21H2,1H3/b7-4-,24-22+,42-29?/t30?,31?,33-,38?,39?,41+/m1/s1. The molecule has 5 rings (SSSR count). The lowest BCUT2D eigenvalue weighted by Gasteiger charge is -2.31. The van der Waals surface area contributed by atoms with E-state index in [-0.39, 0.29) is 35.9 Å². The number of hydrogen-bond donors (Lipinski definition) is 2. The van der Waals surface area contributed by atoms with E-state index in [1.54, 1.807) is 6.21 Å². The van der Waals surface area contributed by atoms with Crippen LogP contribution < -0.4 is 5.32 Å². The summed E-state index contributed by atoms with van der Waals surface area (Å²) in [6, 6.07) is 13.1. The lowest BCUT2D eigenvalue weighted by Crippen LogP contribution is -2.41. The molecule has 4 unspecified atom stereocenters. The first-order valence-electron chi connectivity index (χ1n) is 16.4. The van der Waals surface area contributed by atoms with E-state index >= 15 is 0 Å². The van der Waals surface area contributed by atoms with Gasteiger partial charge in [-0.3, -0.25) is 15.3 Å². The van der Waals surface area contributed by atoms with Gasteiger partial charge in [0, 0.05) is 12.1 Å². The molecule has 3 aliphatic rings. The molecular weight excluding hydrogens is 548 g/mol. The first-order chi connectivity index (χ1) is 22.1. The van der Waals surface area contributed by atoms with E-state index in [9.17, 15) is 0 Å². The molecule has 45 heavy (non-hydrogen) atoms. The van der Waals surface area contributed by atoms with Crippen LogP contribution in [0.3, 0.4) is 0 Å². The van der Waals surface area contributed by atoms with Crippen LogP contribution >= 0.6 is 0 Å². The van der Waals surface area contributed by atoms with Crippen molar-refractivity contribution in [1.82, 2.24) is 5.32 Å². The molecule has 2 aromatic carbocycles. The van der Waals surface area contributed by atoms with Crippen LogP contribution in [0.2, 0.25) is 0 Å². The predicted molar refractivity (Wildman–Crippen MR) is 193 cm³/mol. The van der Waals surface area contributed by atoms with Gasteiger partial charge in [0.25, 0.3) is 0 Å². The highest BCUT2D eigenvalue weighted by atomic mass is 15.0. The summed E-state index contributed by atoms with van der Waals surface area (Å²) in [4.78, 5) is 9.96. The molecule has 0 fully saturated rings. The van der Waals surface area contributed by atoms with Crippen LogP contribution in [0.5, 0.6) is 0 Å². The van der Waals surface area contributed by atoms with Crippen molar-refractivity contribution in [2.75, 3.05) is 0 Å². The van der Waals surface area contributed by atoms with Crippen LogP contribution in [0.1, 0.15) is 75.1 Å². The molecule has 230 valence electrons. The van der Waals surface area contributed by atoms with Gasteiger partial charge in [0.05, 0.1) is 35.5 Å². The van der Waals surface area contributed by atoms with E-state index in [2.05, 4.69) is 116 Å². The maximum absolute atomic E-state index is 8.09. The number of fused-ring (bicyclic) bond motifs is 1. The van der Waals surface area contributed by atoms with Crippen molar-refractivity contribution >= 4 is 28.9 Å². The second-order valence-electron chi connectivity index (χ2n) is 12.1. The van der Waals surface area contributed by atoms with Crippen molar-refractivity contribution in [2.45, 2.75) is 70.0 Å². The zero-order valence-electron chi connectivity index (χ0n) is 26.5. The maximum atomic E-state index is 8.09. The van der Waals surface area contributed by atoms with Gasteiger partial charge in [0.15, 0.2) is 0 Å². The Morgan fingerprint density at radius 1 is 1.09 bits per heavy atom. The van der Waals surface area contributed by atoms with Crippen LogP contribution in [-0.4, -0.2) is 24.2 Å². The van der Waals surface area contributed by atoms with Gasteiger partial charge < -0.3 is 5.41 Å². The Hall–Kier alpha value is -4.33. The Bertz CT molecular complexity index is 1620. The SMILES string of the molecule is C=CCC[C@H](C=N)C(/C=C/C1=NC(c2cc(C3C#CC(C=C)[C@@H](C4=CCCC=N4)N3)c3ccccc3c2)CC=C1)CC/C=C\C. The summed E-state index contributed by atoms with van der Waals surface area (Å²) in [5.74, 6) is 7.51. The molecule has 4 nitrogen and oxygen atoms in total. The van der Waals surface area contributed by atoms with Crippen molar-refractivity contribution in [3.05, 3.63) is 121 Å². The number of nitrogens with one attached hydrogen (secondary N) is 2.